The maximum absolute atomic E-state index is 8.92. The molecular weight excluding hydrogens is 194 g/mol. The van der Waals surface area contributed by atoms with Crippen LogP contribution in [0.3, 0.4) is 0 Å². The highest BCUT2D eigenvalue weighted by Gasteiger charge is 2.00. The van der Waals surface area contributed by atoms with Crippen LogP contribution in [0.4, 0.5) is 10.3 Å². The number of anilines is 2. The van der Waals surface area contributed by atoms with Crippen LogP contribution in [0, 0.1) is 0 Å². The molecule has 0 fully saturated rings. The summed E-state index contributed by atoms with van der Waals surface area (Å²) in [4.78, 5) is 7.83. The van der Waals surface area contributed by atoms with Gasteiger partial charge in [0.15, 0.2) is 10.3 Å². The van der Waals surface area contributed by atoms with E-state index >= 15 is 0 Å². The van der Waals surface area contributed by atoms with Gasteiger partial charge >= 0.3 is 0 Å². The van der Waals surface area contributed by atoms with Gasteiger partial charge in [0.25, 0.3) is 0 Å². The molecule has 0 radical (unpaired) electrons. The summed E-state index contributed by atoms with van der Waals surface area (Å²) in [6, 6.07) is 0. The number of nitrogens with zero attached hydrogens (tertiary/aromatic N) is 2. The third kappa shape index (κ3) is 1.54. The molecule has 0 aromatic carbocycles. The van der Waals surface area contributed by atoms with Crippen LogP contribution < -0.4 is 5.32 Å². The molecule has 6 heteroatoms. The molecule has 0 saturated heterocycles. The van der Waals surface area contributed by atoms with Gasteiger partial charge in [0.1, 0.15) is 0 Å². The van der Waals surface area contributed by atoms with Crippen molar-refractivity contribution in [2.24, 2.45) is 0 Å². The van der Waals surface area contributed by atoms with Gasteiger partial charge in [-0.05, 0) is 0 Å². The third-order valence-electron chi connectivity index (χ3n) is 1.14. The number of hydrogen-bond donors (Lipinski definition) is 2. The van der Waals surface area contributed by atoms with E-state index in [1.165, 1.54) is 22.7 Å². The summed E-state index contributed by atoms with van der Waals surface area (Å²) >= 11 is 2.83. The first-order valence-corrected chi connectivity index (χ1v) is 4.91. The fraction of sp³-hybridized carbons (Fsp3) is 0. The number of nitrogens with one attached hydrogen (secondary N) is 1. The summed E-state index contributed by atoms with van der Waals surface area (Å²) in [6.45, 7) is 0. The Kier molecular flexibility index (Phi) is 1.92. The first-order chi connectivity index (χ1) is 5.84. The molecular formula is C6H5N3OS2. The second kappa shape index (κ2) is 3.08. The summed E-state index contributed by atoms with van der Waals surface area (Å²) < 4.78 is 0. The first kappa shape index (κ1) is 7.51. The van der Waals surface area contributed by atoms with Crippen molar-refractivity contribution in [1.29, 1.82) is 0 Å². The van der Waals surface area contributed by atoms with Crippen molar-refractivity contribution in [3.8, 4) is 5.88 Å². The van der Waals surface area contributed by atoms with Gasteiger partial charge in [-0.1, -0.05) is 0 Å². The molecule has 0 saturated carbocycles. The van der Waals surface area contributed by atoms with Crippen LogP contribution in [0.25, 0.3) is 0 Å². The molecule has 0 spiro atoms. The standard InChI is InChI=1S/C6H5N3OS2/c10-4-3-12-6(8-4)9-5-7-1-2-11-5/h1-3,10H,(H,7,8,9). The molecule has 2 N–H and O–H groups in total. The lowest BCUT2D eigenvalue weighted by Gasteiger charge is -1.93. The normalized spacial score (nSPS) is 10.0. The van der Waals surface area contributed by atoms with Crippen LogP contribution in [-0.2, 0) is 0 Å². The Morgan fingerprint density at radius 2 is 2.25 bits per heavy atom. The summed E-state index contributed by atoms with van der Waals surface area (Å²) in [5, 5.41) is 16.8. The molecule has 12 heavy (non-hydrogen) atoms. The van der Waals surface area contributed by atoms with Crippen LogP contribution in [0.1, 0.15) is 0 Å². The van der Waals surface area contributed by atoms with Gasteiger partial charge < -0.3 is 10.4 Å². The van der Waals surface area contributed by atoms with Crippen LogP contribution in [0.5, 0.6) is 5.88 Å². The Morgan fingerprint density at radius 3 is 2.83 bits per heavy atom. The van der Waals surface area contributed by atoms with Crippen molar-refractivity contribution < 1.29 is 5.11 Å². The average molecular weight is 199 g/mol. The Hall–Kier alpha value is -1.14. The fourth-order valence-electron chi connectivity index (χ4n) is 0.699. The van der Waals surface area contributed by atoms with E-state index in [-0.39, 0.29) is 5.88 Å². The number of hydrogen-bond acceptors (Lipinski definition) is 6. The summed E-state index contributed by atoms with van der Waals surface area (Å²) in [5.41, 5.74) is 0. The van der Waals surface area contributed by atoms with Crippen molar-refractivity contribution in [3.63, 3.8) is 0 Å². The largest absolute Gasteiger partial charge is 0.493 e. The first-order valence-electron chi connectivity index (χ1n) is 3.15. The van der Waals surface area contributed by atoms with Crippen LogP contribution in [-0.4, -0.2) is 15.1 Å². The Labute approximate surface area is 76.6 Å². The van der Waals surface area contributed by atoms with Crippen LogP contribution >= 0.6 is 22.7 Å². The third-order valence-corrected chi connectivity index (χ3v) is 2.57. The van der Waals surface area contributed by atoms with E-state index in [0.717, 1.165) is 5.13 Å². The highest BCUT2D eigenvalue weighted by Crippen LogP contribution is 2.24. The second-order valence-corrected chi connectivity index (χ2v) is 3.73. The Bertz CT molecular complexity index is 357. The SMILES string of the molecule is Oc1csc(Nc2nccs2)n1. The topological polar surface area (TPSA) is 58.0 Å². The Morgan fingerprint density at radius 1 is 1.33 bits per heavy atom. The molecule has 0 aliphatic rings. The number of aromatic nitrogens is 2. The van der Waals surface area contributed by atoms with E-state index in [4.69, 9.17) is 5.11 Å². The van der Waals surface area contributed by atoms with E-state index < -0.39 is 0 Å². The molecule has 0 aliphatic carbocycles. The lowest BCUT2D eigenvalue weighted by Crippen LogP contribution is -1.86. The minimum absolute atomic E-state index is 0.0408. The minimum Gasteiger partial charge on any atom is -0.493 e. The van der Waals surface area contributed by atoms with Crippen LogP contribution in [0.2, 0.25) is 0 Å². The van der Waals surface area contributed by atoms with E-state index in [0.29, 0.717) is 5.13 Å². The van der Waals surface area contributed by atoms with Gasteiger partial charge in [-0.25, -0.2) is 4.98 Å². The second-order valence-electron chi connectivity index (χ2n) is 1.97. The van der Waals surface area contributed by atoms with Gasteiger partial charge in [0.05, 0.1) is 5.38 Å². The molecule has 4 nitrogen and oxygen atoms in total. The van der Waals surface area contributed by atoms with Gasteiger partial charge in [-0.3, -0.25) is 0 Å². The molecule has 2 rings (SSSR count). The Balaban J connectivity index is 2.14. The van der Waals surface area contributed by atoms with Crippen molar-refractivity contribution in [3.05, 3.63) is 17.0 Å². The summed E-state index contributed by atoms with van der Waals surface area (Å²) in [6.07, 6.45) is 1.71. The zero-order valence-electron chi connectivity index (χ0n) is 5.89. The molecule has 2 heterocycles. The summed E-state index contributed by atoms with van der Waals surface area (Å²) in [7, 11) is 0. The van der Waals surface area contributed by atoms with E-state index in [2.05, 4.69) is 15.3 Å². The predicted octanol–water partition coefficient (Wildman–Crippen LogP) is 2.05. The highest BCUT2D eigenvalue weighted by molar-refractivity contribution is 7.16. The van der Waals surface area contributed by atoms with E-state index in [1.54, 1.807) is 11.6 Å². The lowest BCUT2D eigenvalue weighted by atomic mass is 10.9. The smallest absolute Gasteiger partial charge is 0.223 e. The molecule has 0 aliphatic heterocycles. The minimum atomic E-state index is 0.0408. The van der Waals surface area contributed by atoms with Crippen molar-refractivity contribution >= 4 is 32.9 Å². The van der Waals surface area contributed by atoms with Gasteiger partial charge in [-0.15, -0.1) is 22.7 Å². The molecule has 0 unspecified atom stereocenters. The van der Waals surface area contributed by atoms with Gasteiger partial charge in [-0.2, -0.15) is 4.98 Å². The van der Waals surface area contributed by atoms with Crippen molar-refractivity contribution in [1.82, 2.24) is 9.97 Å². The maximum atomic E-state index is 8.92. The molecule has 2 aromatic rings. The molecule has 62 valence electrons. The summed E-state index contributed by atoms with van der Waals surface area (Å²) in [5.74, 6) is 0.0408. The molecule has 2 aromatic heterocycles. The average Bonchev–Trinajstić information content (AvgIpc) is 2.63. The van der Waals surface area contributed by atoms with Gasteiger partial charge in [0, 0.05) is 11.6 Å². The lowest BCUT2D eigenvalue weighted by molar-refractivity contribution is 0.458. The zero-order valence-corrected chi connectivity index (χ0v) is 7.52. The van der Waals surface area contributed by atoms with Crippen molar-refractivity contribution in [2.75, 3.05) is 5.32 Å². The quantitative estimate of drug-likeness (QED) is 0.777. The molecule has 0 bridgehead atoms. The zero-order chi connectivity index (χ0) is 8.39. The number of thiazole rings is 2. The van der Waals surface area contributed by atoms with Crippen molar-refractivity contribution in [2.45, 2.75) is 0 Å². The predicted molar refractivity (Wildman–Crippen MR) is 49.2 cm³/mol. The fourth-order valence-corrected chi connectivity index (χ4v) is 1.86. The number of rotatable bonds is 2. The maximum Gasteiger partial charge on any atom is 0.223 e. The van der Waals surface area contributed by atoms with E-state index in [9.17, 15) is 0 Å². The van der Waals surface area contributed by atoms with E-state index in [1.807, 2.05) is 5.38 Å². The highest BCUT2D eigenvalue weighted by atomic mass is 32.1. The van der Waals surface area contributed by atoms with Gasteiger partial charge in [0.2, 0.25) is 5.88 Å². The monoisotopic (exact) mass is 199 g/mol. The number of aromatic hydroxyl groups is 1. The molecule has 0 atom stereocenters. The van der Waals surface area contributed by atoms with Crippen LogP contribution in [0.15, 0.2) is 17.0 Å². The molecule has 0 amide bonds.